The van der Waals surface area contributed by atoms with Gasteiger partial charge in [-0.1, -0.05) is 6.07 Å². The molecule has 0 bridgehead atoms. The second-order valence-corrected chi connectivity index (χ2v) is 9.14. The summed E-state index contributed by atoms with van der Waals surface area (Å²) in [5.74, 6) is 0.105. The predicted octanol–water partition coefficient (Wildman–Crippen LogP) is 4.55. The zero-order chi connectivity index (χ0) is 21.2. The van der Waals surface area contributed by atoms with Gasteiger partial charge < -0.3 is 19.5 Å². The van der Waals surface area contributed by atoms with Crippen molar-refractivity contribution in [2.75, 3.05) is 20.2 Å². The van der Waals surface area contributed by atoms with Crippen LogP contribution in [0.5, 0.6) is 11.5 Å². The summed E-state index contributed by atoms with van der Waals surface area (Å²) in [7, 11) is 2.07. The number of phenolic OH excluding ortho intramolecular Hbond substituents is 1. The van der Waals surface area contributed by atoms with Crippen LogP contribution in [0, 0.1) is 0 Å². The molecule has 0 saturated heterocycles. The van der Waals surface area contributed by atoms with Crippen LogP contribution in [0.3, 0.4) is 0 Å². The maximum Gasteiger partial charge on any atom is 0.342 e. The van der Waals surface area contributed by atoms with Crippen LogP contribution < -0.4 is 4.74 Å². The first kappa shape index (κ1) is 21.3. The van der Waals surface area contributed by atoms with Crippen molar-refractivity contribution in [3.63, 3.8) is 0 Å². The van der Waals surface area contributed by atoms with Crippen molar-refractivity contribution in [2.24, 2.45) is 4.99 Å². The Morgan fingerprint density at radius 2 is 2.14 bits per heavy atom. The lowest BCUT2D eigenvalue weighted by Gasteiger charge is -2.23. The largest absolute Gasteiger partial charge is 0.504 e. The third-order valence-electron chi connectivity index (χ3n) is 4.48. The molecule has 2 heterocycles. The molecule has 156 valence electrons. The molecule has 0 unspecified atom stereocenters. The minimum absolute atomic E-state index is 0.0398. The summed E-state index contributed by atoms with van der Waals surface area (Å²) in [4.78, 5) is 20.9. The molecule has 0 amide bonds. The van der Waals surface area contributed by atoms with Crippen molar-refractivity contribution < 1.29 is 19.4 Å². The number of benzene rings is 1. The first-order valence-electron chi connectivity index (χ1n) is 9.75. The maximum atomic E-state index is 12.9. The zero-order valence-electron chi connectivity index (χ0n) is 17.6. The van der Waals surface area contributed by atoms with E-state index < -0.39 is 5.60 Å². The van der Waals surface area contributed by atoms with E-state index in [9.17, 15) is 9.90 Å². The maximum absolute atomic E-state index is 12.9. The van der Waals surface area contributed by atoms with E-state index in [1.165, 1.54) is 11.3 Å². The molecule has 0 fully saturated rings. The lowest BCUT2D eigenvalue weighted by molar-refractivity contribution is 0.00694. The van der Waals surface area contributed by atoms with Gasteiger partial charge in [0, 0.05) is 29.7 Å². The summed E-state index contributed by atoms with van der Waals surface area (Å²) in [6.45, 7) is 9.58. The highest BCUT2D eigenvalue weighted by atomic mass is 32.1. The van der Waals surface area contributed by atoms with Gasteiger partial charge in [-0.05, 0) is 58.9 Å². The van der Waals surface area contributed by atoms with Gasteiger partial charge in [0.05, 0.1) is 12.2 Å². The van der Waals surface area contributed by atoms with Crippen molar-refractivity contribution in [3.05, 3.63) is 39.8 Å². The second-order valence-electron chi connectivity index (χ2n) is 8.06. The van der Waals surface area contributed by atoms with Gasteiger partial charge in [-0.3, -0.25) is 0 Å². The number of carbonyl (C=O) groups is 1. The summed E-state index contributed by atoms with van der Waals surface area (Å²) in [5.41, 5.74) is 1.53. The molecule has 0 aliphatic carbocycles. The van der Waals surface area contributed by atoms with Crippen molar-refractivity contribution >= 4 is 28.5 Å². The number of thiophene rings is 1. The number of nitrogens with zero attached hydrogens (tertiary/aromatic N) is 2. The van der Waals surface area contributed by atoms with Crippen molar-refractivity contribution in [2.45, 2.75) is 46.3 Å². The minimum atomic E-state index is -0.581. The molecule has 3 rings (SSSR count). The number of phenols is 1. The van der Waals surface area contributed by atoms with Crippen LogP contribution >= 0.6 is 11.3 Å². The fraction of sp³-hybridized carbons (Fsp3) is 0.455. The van der Waals surface area contributed by atoms with Gasteiger partial charge >= 0.3 is 5.97 Å². The number of likely N-dealkylation sites (N-methyl/N-ethyl adjacent to an activating group) is 1. The van der Waals surface area contributed by atoms with Gasteiger partial charge in [0.15, 0.2) is 11.5 Å². The van der Waals surface area contributed by atoms with Gasteiger partial charge in [-0.25, -0.2) is 9.79 Å². The van der Waals surface area contributed by atoms with E-state index >= 15 is 0 Å². The van der Waals surface area contributed by atoms with Crippen LogP contribution in [0.15, 0.2) is 23.2 Å². The molecular weight excluding hydrogens is 388 g/mol. The Balaban J connectivity index is 2.00. The molecule has 6 nitrogen and oxygen atoms in total. The average Bonchev–Trinajstić information content (AvgIpc) is 2.98. The summed E-state index contributed by atoms with van der Waals surface area (Å²) in [6, 6.07) is 5.27. The van der Waals surface area contributed by atoms with Crippen LogP contribution in [0.1, 0.15) is 54.1 Å². The first-order valence-corrected chi connectivity index (χ1v) is 10.6. The van der Waals surface area contributed by atoms with Gasteiger partial charge in [0.2, 0.25) is 0 Å². The van der Waals surface area contributed by atoms with E-state index in [4.69, 9.17) is 9.47 Å². The van der Waals surface area contributed by atoms with Crippen LogP contribution in [0.2, 0.25) is 0 Å². The van der Waals surface area contributed by atoms with Crippen molar-refractivity contribution in [1.82, 2.24) is 4.90 Å². The highest BCUT2D eigenvalue weighted by Crippen LogP contribution is 2.40. The normalized spacial score (nSPS) is 14.8. The molecule has 0 atom stereocenters. The molecule has 1 aliphatic rings. The Hall–Kier alpha value is -2.38. The lowest BCUT2D eigenvalue weighted by Crippen LogP contribution is -2.28. The number of hydrogen-bond donors (Lipinski definition) is 1. The zero-order valence-corrected chi connectivity index (χ0v) is 18.4. The fourth-order valence-corrected chi connectivity index (χ4v) is 4.45. The third kappa shape index (κ3) is 4.97. The smallest absolute Gasteiger partial charge is 0.342 e. The van der Waals surface area contributed by atoms with Crippen LogP contribution in [-0.2, 0) is 17.7 Å². The molecule has 1 N–H and O–H groups in total. The van der Waals surface area contributed by atoms with Gasteiger partial charge in [-0.2, -0.15) is 0 Å². The summed E-state index contributed by atoms with van der Waals surface area (Å²) in [5, 5.41) is 11.0. The quantitative estimate of drug-likeness (QED) is 0.572. The summed E-state index contributed by atoms with van der Waals surface area (Å²) >= 11 is 1.51. The van der Waals surface area contributed by atoms with Crippen LogP contribution in [-0.4, -0.2) is 48.0 Å². The number of para-hydroxylation sites is 1. The molecule has 29 heavy (non-hydrogen) atoms. The van der Waals surface area contributed by atoms with Gasteiger partial charge in [-0.15, -0.1) is 11.3 Å². The van der Waals surface area contributed by atoms with Crippen LogP contribution in [0.25, 0.3) is 0 Å². The number of aromatic hydroxyl groups is 1. The summed E-state index contributed by atoms with van der Waals surface area (Å²) in [6.07, 6.45) is 2.37. The Labute approximate surface area is 175 Å². The highest BCUT2D eigenvalue weighted by molar-refractivity contribution is 7.16. The highest BCUT2D eigenvalue weighted by Gasteiger charge is 2.30. The average molecular weight is 417 g/mol. The second kappa shape index (κ2) is 8.55. The van der Waals surface area contributed by atoms with E-state index in [1.807, 2.05) is 27.7 Å². The number of esters is 1. The van der Waals surface area contributed by atoms with Gasteiger partial charge in [0.1, 0.15) is 10.6 Å². The number of aliphatic imine (C=N–C) groups is 1. The summed E-state index contributed by atoms with van der Waals surface area (Å²) < 4.78 is 11.1. The van der Waals surface area contributed by atoms with Crippen molar-refractivity contribution in [3.8, 4) is 11.5 Å². The fourth-order valence-electron chi connectivity index (χ4n) is 3.19. The lowest BCUT2D eigenvalue weighted by atomic mass is 10.0. The molecule has 1 aliphatic heterocycles. The van der Waals surface area contributed by atoms with Crippen LogP contribution in [0.4, 0.5) is 5.00 Å². The number of carbonyl (C=O) groups excluding carboxylic acids is 1. The minimum Gasteiger partial charge on any atom is -0.504 e. The van der Waals surface area contributed by atoms with E-state index in [1.54, 1.807) is 24.4 Å². The monoisotopic (exact) mass is 416 g/mol. The molecular formula is C22H28N2O4S. The van der Waals surface area contributed by atoms with Gasteiger partial charge in [0.25, 0.3) is 0 Å². The number of ether oxygens (including phenoxy) is 2. The molecule has 2 aromatic rings. The van der Waals surface area contributed by atoms with E-state index in [-0.39, 0.29) is 11.7 Å². The first-order chi connectivity index (χ1) is 13.7. The Morgan fingerprint density at radius 3 is 2.83 bits per heavy atom. The third-order valence-corrected chi connectivity index (χ3v) is 5.61. The number of fused-ring (bicyclic) bond motifs is 1. The standard InChI is InChI=1S/C22H28N2O4S/c1-6-27-16-9-7-8-14(19(16)25)12-23-20-18(21(26)28-22(2,3)4)15-10-11-24(5)13-17(15)29-20/h7-9,12,25H,6,10-11,13H2,1-5H3/b23-12+. The van der Waals surface area contributed by atoms with E-state index in [0.29, 0.717) is 28.5 Å². The molecule has 0 radical (unpaired) electrons. The Bertz CT molecular complexity index is 928. The van der Waals surface area contributed by atoms with E-state index in [0.717, 1.165) is 30.0 Å². The Kier molecular flexibility index (Phi) is 6.29. The number of rotatable bonds is 5. The Morgan fingerprint density at radius 1 is 1.38 bits per heavy atom. The van der Waals surface area contributed by atoms with E-state index in [2.05, 4.69) is 16.9 Å². The predicted molar refractivity (Wildman–Crippen MR) is 116 cm³/mol. The topological polar surface area (TPSA) is 71.4 Å². The SMILES string of the molecule is CCOc1cccc(/C=N/c2sc3c(c2C(=O)OC(C)(C)C)CCN(C)C3)c1O. The molecule has 1 aromatic carbocycles. The molecule has 0 spiro atoms. The molecule has 0 saturated carbocycles. The molecule has 1 aromatic heterocycles. The molecule has 7 heteroatoms. The van der Waals surface area contributed by atoms with Crippen molar-refractivity contribution in [1.29, 1.82) is 0 Å². The number of hydrogen-bond acceptors (Lipinski definition) is 7.